The van der Waals surface area contributed by atoms with Gasteiger partial charge in [-0.25, -0.2) is 14.8 Å². The van der Waals surface area contributed by atoms with Crippen molar-refractivity contribution in [1.82, 2.24) is 15.3 Å². The van der Waals surface area contributed by atoms with Crippen molar-refractivity contribution in [1.29, 1.82) is 0 Å². The van der Waals surface area contributed by atoms with Crippen molar-refractivity contribution >= 4 is 28.5 Å². The Labute approximate surface area is 198 Å². The van der Waals surface area contributed by atoms with E-state index in [4.69, 9.17) is 9.52 Å². The second-order valence-electron chi connectivity index (χ2n) is 8.06. The summed E-state index contributed by atoms with van der Waals surface area (Å²) < 4.78 is 35.6. The number of amides is 2. The van der Waals surface area contributed by atoms with E-state index in [1.165, 1.54) is 23.5 Å². The molecule has 12 heteroatoms. The van der Waals surface area contributed by atoms with Crippen LogP contribution < -0.4 is 20.3 Å². The lowest BCUT2D eigenvalue weighted by atomic mass is 10.0. The van der Waals surface area contributed by atoms with Crippen LogP contribution in [-0.4, -0.2) is 46.4 Å². The number of nitrogens with one attached hydrogen (secondary N) is 2. The van der Waals surface area contributed by atoms with Gasteiger partial charge in [0.2, 0.25) is 0 Å². The lowest BCUT2D eigenvalue weighted by Crippen LogP contribution is -2.40. The number of ether oxygens (including phenoxy) is 1. The summed E-state index contributed by atoms with van der Waals surface area (Å²) in [6.45, 7) is 2.66. The van der Waals surface area contributed by atoms with Crippen LogP contribution in [0.5, 0.6) is 5.75 Å². The molecule has 3 aromatic rings. The Balaban J connectivity index is 1.52. The molecule has 3 atom stereocenters. The van der Waals surface area contributed by atoms with E-state index < -0.39 is 12.6 Å². The number of halogens is 2. The van der Waals surface area contributed by atoms with E-state index in [1.54, 1.807) is 25.3 Å². The van der Waals surface area contributed by atoms with Crippen molar-refractivity contribution in [3.05, 3.63) is 41.0 Å². The van der Waals surface area contributed by atoms with Gasteiger partial charge in [0.15, 0.2) is 10.9 Å². The molecule has 0 bridgehead atoms. The first-order valence-electron chi connectivity index (χ1n) is 10.7. The van der Waals surface area contributed by atoms with Crippen LogP contribution in [0.3, 0.4) is 0 Å². The third-order valence-electron chi connectivity index (χ3n) is 5.42. The van der Waals surface area contributed by atoms with Gasteiger partial charge in [0.25, 0.3) is 6.01 Å². The lowest BCUT2D eigenvalue weighted by Gasteiger charge is -2.36. The highest BCUT2D eigenvalue weighted by atomic mass is 32.1. The van der Waals surface area contributed by atoms with E-state index in [-0.39, 0.29) is 30.5 Å². The quantitative estimate of drug-likeness (QED) is 0.447. The summed E-state index contributed by atoms with van der Waals surface area (Å²) >= 11 is 1.37. The molecule has 0 spiro atoms. The van der Waals surface area contributed by atoms with Crippen molar-refractivity contribution in [3.63, 3.8) is 0 Å². The number of thiazole rings is 1. The van der Waals surface area contributed by atoms with Gasteiger partial charge in [0, 0.05) is 18.0 Å². The fourth-order valence-corrected chi connectivity index (χ4v) is 4.91. The lowest BCUT2D eigenvalue weighted by molar-refractivity contribution is -0.0498. The predicted octanol–water partition coefficient (Wildman–Crippen LogP) is 4.41. The maximum absolute atomic E-state index is 12.5. The second-order valence-corrected chi connectivity index (χ2v) is 9.09. The Morgan fingerprint density at radius 1 is 1.41 bits per heavy atom. The first-order chi connectivity index (χ1) is 16.2. The minimum atomic E-state index is -2.91. The zero-order valence-corrected chi connectivity index (χ0v) is 19.6. The number of fused-ring (bicyclic) bond motifs is 1. The molecule has 1 aromatic carbocycles. The Hall–Kier alpha value is -3.25. The number of hydrogen-bond donors (Lipinski definition) is 3. The number of aliphatic hydroxyl groups is 1. The summed E-state index contributed by atoms with van der Waals surface area (Å²) in [5.41, 5.74) is 1.47. The van der Waals surface area contributed by atoms with Gasteiger partial charge in [0.05, 0.1) is 35.5 Å². The van der Waals surface area contributed by atoms with Crippen molar-refractivity contribution in [2.24, 2.45) is 0 Å². The van der Waals surface area contributed by atoms with Crippen molar-refractivity contribution < 1.29 is 27.8 Å². The van der Waals surface area contributed by atoms with Gasteiger partial charge in [-0.15, -0.1) is 0 Å². The zero-order chi connectivity index (χ0) is 24.4. The maximum atomic E-state index is 12.5. The molecule has 2 aromatic heterocycles. The number of anilines is 2. The van der Waals surface area contributed by atoms with Crippen LogP contribution in [0.25, 0.3) is 11.3 Å². The third-order valence-corrected chi connectivity index (χ3v) is 6.60. The topological polar surface area (TPSA) is 113 Å². The normalized spacial score (nSPS) is 18.5. The molecule has 1 aliphatic rings. The molecule has 3 heterocycles. The number of carbonyl (C=O) groups excluding carboxylic acids is 1. The molecule has 2 amide bonds. The molecule has 1 aliphatic heterocycles. The highest BCUT2D eigenvalue weighted by molar-refractivity contribution is 7.16. The minimum absolute atomic E-state index is 0.0145. The van der Waals surface area contributed by atoms with Crippen molar-refractivity contribution in [3.8, 4) is 17.1 Å². The van der Waals surface area contributed by atoms with Crippen LogP contribution >= 0.6 is 11.3 Å². The van der Waals surface area contributed by atoms with E-state index in [1.807, 2.05) is 18.7 Å². The van der Waals surface area contributed by atoms with Crippen LogP contribution in [0.4, 0.5) is 24.7 Å². The molecule has 182 valence electrons. The number of benzene rings is 1. The standard InChI is InChI=1S/C22H25F2N5O4S/c1-11(10-30)26-20(31)28-21-27-16-7-12(2)29(13(3)18(16)34-21)22-25-9-17(33-22)14-5-4-6-15(8-14)32-19(23)24/h4-6,8-9,11-13,19,30H,7,10H2,1-3H3,(H2,26,27,28,31)/t11-,12+,13-/m0/s1. The smallest absolute Gasteiger partial charge is 0.387 e. The van der Waals surface area contributed by atoms with Gasteiger partial charge in [-0.1, -0.05) is 23.5 Å². The Morgan fingerprint density at radius 3 is 2.94 bits per heavy atom. The predicted molar refractivity (Wildman–Crippen MR) is 123 cm³/mol. The number of carbonyl (C=O) groups is 1. The number of oxazole rings is 1. The monoisotopic (exact) mass is 493 g/mol. The summed E-state index contributed by atoms with van der Waals surface area (Å²) in [6.07, 6.45) is 2.18. The molecule has 4 rings (SSSR count). The van der Waals surface area contributed by atoms with Crippen LogP contribution in [0, 0.1) is 0 Å². The molecule has 9 nitrogen and oxygen atoms in total. The zero-order valence-electron chi connectivity index (χ0n) is 18.8. The fraction of sp³-hybridized carbons (Fsp3) is 0.409. The van der Waals surface area contributed by atoms with E-state index in [2.05, 4.69) is 25.3 Å². The van der Waals surface area contributed by atoms with Gasteiger partial charge in [-0.3, -0.25) is 5.32 Å². The van der Waals surface area contributed by atoms with Gasteiger partial charge in [-0.2, -0.15) is 8.78 Å². The molecular formula is C22H25F2N5O4S. The summed E-state index contributed by atoms with van der Waals surface area (Å²) in [7, 11) is 0. The minimum Gasteiger partial charge on any atom is -0.435 e. The number of urea groups is 1. The van der Waals surface area contributed by atoms with Crippen LogP contribution in [0.2, 0.25) is 0 Å². The summed E-state index contributed by atoms with van der Waals surface area (Å²) in [5, 5.41) is 14.9. The second kappa shape index (κ2) is 9.94. The molecule has 0 fully saturated rings. The van der Waals surface area contributed by atoms with Gasteiger partial charge in [0.1, 0.15) is 5.75 Å². The Bertz CT molecular complexity index is 1150. The fourth-order valence-electron chi connectivity index (χ4n) is 3.88. The van der Waals surface area contributed by atoms with Crippen LogP contribution in [0.1, 0.15) is 37.4 Å². The molecule has 3 N–H and O–H groups in total. The van der Waals surface area contributed by atoms with Crippen molar-refractivity contribution in [2.45, 2.75) is 51.9 Å². The highest BCUT2D eigenvalue weighted by Crippen LogP contribution is 2.41. The Kier molecular flexibility index (Phi) is 6.98. The number of rotatable bonds is 7. The molecule has 0 aliphatic carbocycles. The molecule has 0 saturated heterocycles. The third kappa shape index (κ3) is 5.12. The largest absolute Gasteiger partial charge is 0.435 e. The average Bonchev–Trinajstić information content (AvgIpc) is 3.40. The molecule has 34 heavy (non-hydrogen) atoms. The number of hydrogen-bond acceptors (Lipinski definition) is 8. The molecule has 0 unspecified atom stereocenters. The number of aliphatic hydroxyl groups excluding tert-OH is 1. The summed E-state index contributed by atoms with van der Waals surface area (Å²) in [6, 6.07) is 5.76. The molecular weight excluding hydrogens is 468 g/mol. The van der Waals surface area contributed by atoms with Crippen LogP contribution in [-0.2, 0) is 6.42 Å². The molecule has 0 radical (unpaired) electrons. The van der Waals surface area contributed by atoms with Crippen LogP contribution in [0.15, 0.2) is 34.9 Å². The van der Waals surface area contributed by atoms with Gasteiger partial charge < -0.3 is 24.5 Å². The summed E-state index contributed by atoms with van der Waals surface area (Å²) in [5.74, 6) is 0.471. The maximum Gasteiger partial charge on any atom is 0.387 e. The molecule has 0 saturated carbocycles. The van der Waals surface area contributed by atoms with Gasteiger partial charge in [-0.05, 0) is 32.9 Å². The number of nitrogens with zero attached hydrogens (tertiary/aromatic N) is 3. The first-order valence-corrected chi connectivity index (χ1v) is 11.5. The first kappa shape index (κ1) is 23.9. The van der Waals surface area contributed by atoms with Crippen molar-refractivity contribution in [2.75, 3.05) is 16.8 Å². The van der Waals surface area contributed by atoms with E-state index in [0.29, 0.717) is 28.9 Å². The van der Waals surface area contributed by atoms with E-state index in [9.17, 15) is 13.6 Å². The SMILES string of the molecule is C[C@@H]1Cc2nc(NC(=O)N[C@@H](C)CO)sc2[C@H](C)N1c1ncc(-c2cccc(OC(F)F)c2)o1. The van der Waals surface area contributed by atoms with E-state index >= 15 is 0 Å². The number of alkyl halides is 2. The van der Waals surface area contributed by atoms with Gasteiger partial charge >= 0.3 is 12.6 Å². The number of aromatic nitrogens is 2. The average molecular weight is 494 g/mol. The highest BCUT2D eigenvalue weighted by Gasteiger charge is 2.35. The Morgan fingerprint density at radius 2 is 2.21 bits per heavy atom. The summed E-state index contributed by atoms with van der Waals surface area (Å²) in [4.78, 5) is 24.1. The van der Waals surface area contributed by atoms with E-state index in [0.717, 1.165) is 10.6 Å².